The average molecular weight is 644 g/mol. The fourth-order valence-electron chi connectivity index (χ4n) is 4.48. The van der Waals surface area contributed by atoms with E-state index < -0.39 is 20.0 Å². The standard InChI is InChI=1S/C35H67N2O6P/c1-6-8-10-12-13-14-15-16-17-18-19-20-21-22-23-25-26-28-34(38)33(36-35(39)29-27-24-11-9-7-2)32-43-44(40,41)42-31-30-37(3,4)5/h17-18,21-22,26,28,33-34,38H,6-16,19-20,23-25,27,29-32H2,1-5H3,(H-,36,39,40,41)/p+1/b18-17+,22-21+,28-26+. The second kappa shape index (κ2) is 28.0. The van der Waals surface area contributed by atoms with Gasteiger partial charge in [0.1, 0.15) is 13.2 Å². The molecule has 3 atom stereocenters. The summed E-state index contributed by atoms with van der Waals surface area (Å²) in [6, 6.07) is -0.861. The van der Waals surface area contributed by atoms with Crippen LogP contribution >= 0.6 is 7.82 Å². The second-order valence-corrected chi connectivity index (χ2v) is 14.3. The van der Waals surface area contributed by atoms with Gasteiger partial charge in [0, 0.05) is 6.42 Å². The van der Waals surface area contributed by atoms with Crippen molar-refractivity contribution >= 4 is 13.7 Å². The SMILES string of the molecule is CCCCCCCCC/C=C/CC/C=C/CC/C=C/C(O)C(COP(=O)(O)OCC[N+](C)(C)C)NC(=O)CCCCCCC. The number of nitrogens with zero attached hydrogens (tertiary/aromatic N) is 1. The van der Waals surface area contributed by atoms with E-state index in [4.69, 9.17) is 9.05 Å². The van der Waals surface area contributed by atoms with E-state index in [2.05, 4.69) is 43.5 Å². The molecule has 0 heterocycles. The number of unbranched alkanes of at least 4 members (excludes halogenated alkanes) is 13. The maximum atomic E-state index is 12.5. The van der Waals surface area contributed by atoms with Gasteiger partial charge in [-0.15, -0.1) is 0 Å². The van der Waals surface area contributed by atoms with Crippen LogP contribution < -0.4 is 5.32 Å². The molecule has 0 saturated carbocycles. The molecule has 0 aliphatic rings. The Bertz CT molecular complexity index is 825. The molecule has 1 amide bonds. The van der Waals surface area contributed by atoms with E-state index in [1.807, 2.05) is 27.2 Å². The van der Waals surface area contributed by atoms with Crippen molar-refractivity contribution in [3.8, 4) is 0 Å². The number of likely N-dealkylation sites (N-methyl/N-ethyl adjacent to an activating group) is 1. The minimum absolute atomic E-state index is 0.0532. The number of aliphatic hydroxyl groups is 1. The van der Waals surface area contributed by atoms with Crippen LogP contribution in [-0.2, 0) is 18.4 Å². The zero-order valence-corrected chi connectivity index (χ0v) is 29.8. The molecule has 0 aromatic carbocycles. The fraction of sp³-hybridized carbons (Fsp3) is 0.800. The van der Waals surface area contributed by atoms with Crippen molar-refractivity contribution in [1.82, 2.24) is 5.32 Å². The summed E-state index contributed by atoms with van der Waals surface area (Å²) in [5.41, 5.74) is 0. The molecule has 3 N–H and O–H groups in total. The van der Waals surface area contributed by atoms with Crippen molar-refractivity contribution in [1.29, 1.82) is 0 Å². The second-order valence-electron chi connectivity index (χ2n) is 12.9. The average Bonchev–Trinajstić information content (AvgIpc) is 2.95. The van der Waals surface area contributed by atoms with Gasteiger partial charge in [-0.25, -0.2) is 4.57 Å². The number of nitrogens with one attached hydrogen (secondary N) is 1. The lowest BCUT2D eigenvalue weighted by Gasteiger charge is -2.25. The third kappa shape index (κ3) is 29.4. The highest BCUT2D eigenvalue weighted by Gasteiger charge is 2.27. The van der Waals surface area contributed by atoms with Crippen LogP contribution in [0, 0.1) is 0 Å². The zero-order valence-electron chi connectivity index (χ0n) is 28.9. The molecule has 44 heavy (non-hydrogen) atoms. The monoisotopic (exact) mass is 643 g/mol. The Morgan fingerprint density at radius 3 is 1.82 bits per heavy atom. The van der Waals surface area contributed by atoms with E-state index in [1.165, 1.54) is 51.4 Å². The maximum absolute atomic E-state index is 12.5. The number of hydrogen-bond acceptors (Lipinski definition) is 5. The third-order valence-electron chi connectivity index (χ3n) is 7.34. The molecule has 258 valence electrons. The fourth-order valence-corrected chi connectivity index (χ4v) is 5.22. The lowest BCUT2D eigenvalue weighted by atomic mass is 10.1. The molecule has 0 saturated heterocycles. The number of carbonyl (C=O) groups is 1. The summed E-state index contributed by atoms with van der Waals surface area (Å²) >= 11 is 0. The van der Waals surface area contributed by atoms with Gasteiger partial charge in [-0.3, -0.25) is 13.8 Å². The van der Waals surface area contributed by atoms with Gasteiger partial charge in [-0.2, -0.15) is 0 Å². The summed E-state index contributed by atoms with van der Waals surface area (Å²) in [6.45, 7) is 4.65. The van der Waals surface area contributed by atoms with Crippen molar-refractivity contribution < 1.29 is 32.9 Å². The number of carbonyl (C=O) groups excluding carboxylic acids is 1. The first-order valence-corrected chi connectivity index (χ1v) is 18.9. The Labute approximate surface area is 270 Å². The molecule has 8 nitrogen and oxygen atoms in total. The summed E-state index contributed by atoms with van der Waals surface area (Å²) in [4.78, 5) is 22.7. The van der Waals surface area contributed by atoms with Crippen LogP contribution in [0.4, 0.5) is 0 Å². The Hall–Kier alpha value is -1.28. The first-order valence-electron chi connectivity index (χ1n) is 17.4. The zero-order chi connectivity index (χ0) is 32.9. The molecular weight excluding hydrogens is 575 g/mol. The summed E-state index contributed by atoms with van der Waals surface area (Å²) in [7, 11) is 1.54. The molecule has 0 spiro atoms. The Morgan fingerprint density at radius 1 is 0.750 bits per heavy atom. The minimum atomic E-state index is -4.33. The minimum Gasteiger partial charge on any atom is -0.387 e. The normalized spacial score (nSPS) is 15.3. The van der Waals surface area contributed by atoms with E-state index in [-0.39, 0.29) is 19.1 Å². The van der Waals surface area contributed by atoms with Crippen LogP contribution in [0.1, 0.15) is 129 Å². The van der Waals surface area contributed by atoms with Gasteiger partial charge in [0.2, 0.25) is 5.91 Å². The number of rotatable bonds is 30. The lowest BCUT2D eigenvalue weighted by Crippen LogP contribution is -2.45. The van der Waals surface area contributed by atoms with Crippen molar-refractivity contribution in [2.24, 2.45) is 0 Å². The predicted molar refractivity (Wildman–Crippen MR) is 184 cm³/mol. The molecule has 3 unspecified atom stereocenters. The lowest BCUT2D eigenvalue weighted by molar-refractivity contribution is -0.870. The van der Waals surface area contributed by atoms with Gasteiger partial charge in [0.05, 0.1) is 39.9 Å². The Kier molecular flexibility index (Phi) is 27.2. The molecule has 9 heteroatoms. The van der Waals surface area contributed by atoms with E-state index in [0.717, 1.165) is 57.8 Å². The molecule has 0 aromatic heterocycles. The number of phosphoric acid groups is 1. The number of allylic oxidation sites excluding steroid dienone is 5. The predicted octanol–water partition coefficient (Wildman–Crippen LogP) is 8.40. The van der Waals surface area contributed by atoms with Gasteiger partial charge in [-0.05, 0) is 44.9 Å². The van der Waals surface area contributed by atoms with E-state index in [9.17, 15) is 19.4 Å². The van der Waals surface area contributed by atoms with Crippen LogP contribution in [0.3, 0.4) is 0 Å². The largest absolute Gasteiger partial charge is 0.472 e. The van der Waals surface area contributed by atoms with Gasteiger partial charge < -0.3 is 19.8 Å². The maximum Gasteiger partial charge on any atom is 0.472 e. The number of quaternary nitrogens is 1. The summed E-state index contributed by atoms with van der Waals surface area (Å²) in [5, 5.41) is 13.6. The van der Waals surface area contributed by atoms with Crippen LogP contribution in [0.5, 0.6) is 0 Å². The molecule has 0 aliphatic carbocycles. The molecule has 0 aliphatic heterocycles. The number of amides is 1. The smallest absolute Gasteiger partial charge is 0.387 e. The van der Waals surface area contributed by atoms with Gasteiger partial charge in [0.25, 0.3) is 0 Å². The quantitative estimate of drug-likeness (QED) is 0.0314. The molecule has 0 rings (SSSR count). The van der Waals surface area contributed by atoms with Crippen LogP contribution in [-0.4, -0.2) is 73.4 Å². The highest BCUT2D eigenvalue weighted by atomic mass is 31.2. The van der Waals surface area contributed by atoms with Crippen molar-refractivity contribution in [2.75, 3.05) is 40.9 Å². The number of hydrogen-bond donors (Lipinski definition) is 3. The molecular formula is C35H68N2O6P+. The van der Waals surface area contributed by atoms with E-state index in [0.29, 0.717) is 17.4 Å². The van der Waals surface area contributed by atoms with Crippen LogP contribution in [0.25, 0.3) is 0 Å². The van der Waals surface area contributed by atoms with Gasteiger partial charge >= 0.3 is 7.82 Å². The number of phosphoric ester groups is 1. The highest BCUT2D eigenvalue weighted by molar-refractivity contribution is 7.47. The summed E-state index contributed by atoms with van der Waals surface area (Å²) < 4.78 is 23.2. The van der Waals surface area contributed by atoms with E-state index >= 15 is 0 Å². The summed E-state index contributed by atoms with van der Waals surface area (Å²) in [6.07, 6.45) is 31.1. The number of aliphatic hydroxyl groups excluding tert-OH is 1. The first kappa shape index (κ1) is 42.7. The molecule has 0 fully saturated rings. The van der Waals surface area contributed by atoms with Gasteiger partial charge in [0.15, 0.2) is 0 Å². The van der Waals surface area contributed by atoms with Crippen molar-refractivity contribution in [3.05, 3.63) is 36.5 Å². The summed E-state index contributed by atoms with van der Waals surface area (Å²) in [5.74, 6) is -0.208. The molecule has 0 radical (unpaired) electrons. The van der Waals surface area contributed by atoms with Crippen molar-refractivity contribution in [3.63, 3.8) is 0 Å². The first-order chi connectivity index (χ1) is 21.0. The topological polar surface area (TPSA) is 105 Å². The highest BCUT2D eigenvalue weighted by Crippen LogP contribution is 2.43. The Morgan fingerprint density at radius 2 is 1.25 bits per heavy atom. The van der Waals surface area contributed by atoms with Crippen LogP contribution in [0.2, 0.25) is 0 Å². The molecule has 0 aromatic rings. The Balaban J connectivity index is 4.54. The van der Waals surface area contributed by atoms with Gasteiger partial charge in [-0.1, -0.05) is 115 Å². The molecule has 0 bridgehead atoms. The van der Waals surface area contributed by atoms with Crippen molar-refractivity contribution in [2.45, 2.75) is 142 Å². The van der Waals surface area contributed by atoms with Crippen LogP contribution in [0.15, 0.2) is 36.5 Å². The third-order valence-corrected chi connectivity index (χ3v) is 8.32. The van der Waals surface area contributed by atoms with E-state index in [1.54, 1.807) is 6.08 Å².